The molecule has 0 aliphatic carbocycles. The van der Waals surface area contributed by atoms with Gasteiger partial charge in [-0.05, 0) is 31.6 Å². The first-order valence-electron chi connectivity index (χ1n) is 5.96. The van der Waals surface area contributed by atoms with Crippen LogP contribution < -0.4 is 0 Å². The van der Waals surface area contributed by atoms with Gasteiger partial charge in [-0.15, -0.1) is 0 Å². The van der Waals surface area contributed by atoms with Crippen LogP contribution in [0.4, 0.5) is 0 Å². The summed E-state index contributed by atoms with van der Waals surface area (Å²) in [6.45, 7) is 9.16. The molecule has 0 spiro atoms. The Labute approximate surface area is 92.5 Å². The highest BCUT2D eigenvalue weighted by Crippen LogP contribution is 2.26. The molecule has 1 aliphatic heterocycles. The van der Waals surface area contributed by atoms with E-state index in [1.165, 1.54) is 13.1 Å². The summed E-state index contributed by atoms with van der Waals surface area (Å²) >= 11 is 0. The molecule has 1 N–H and O–H groups in total. The second kappa shape index (κ2) is 5.50. The largest absolute Gasteiger partial charge is 0.481 e. The Hall–Kier alpha value is -0.570. The SMILES string of the molecule is CC(C)C1CN(C(C)CCCC(=O)O)C1. The molecule has 0 aromatic heterocycles. The van der Waals surface area contributed by atoms with Crippen LogP contribution in [0.1, 0.15) is 40.0 Å². The van der Waals surface area contributed by atoms with Gasteiger partial charge >= 0.3 is 5.97 Å². The van der Waals surface area contributed by atoms with Crippen molar-refractivity contribution in [3.05, 3.63) is 0 Å². The predicted octanol–water partition coefficient (Wildman–Crippen LogP) is 2.22. The average molecular weight is 213 g/mol. The van der Waals surface area contributed by atoms with Gasteiger partial charge < -0.3 is 5.11 Å². The number of hydrogen-bond acceptors (Lipinski definition) is 2. The van der Waals surface area contributed by atoms with Gasteiger partial charge in [0, 0.05) is 25.6 Å². The Morgan fingerprint density at radius 2 is 2.00 bits per heavy atom. The highest BCUT2D eigenvalue weighted by Gasteiger charge is 2.31. The molecule has 1 saturated heterocycles. The summed E-state index contributed by atoms with van der Waals surface area (Å²) < 4.78 is 0. The number of likely N-dealkylation sites (tertiary alicyclic amines) is 1. The second-order valence-corrected chi connectivity index (χ2v) is 5.09. The summed E-state index contributed by atoms with van der Waals surface area (Å²) in [5, 5.41) is 8.54. The Morgan fingerprint density at radius 3 is 2.47 bits per heavy atom. The van der Waals surface area contributed by atoms with E-state index in [9.17, 15) is 4.79 Å². The average Bonchev–Trinajstić information content (AvgIpc) is 1.99. The number of rotatable bonds is 6. The molecule has 0 radical (unpaired) electrons. The molecule has 1 heterocycles. The predicted molar refractivity (Wildman–Crippen MR) is 60.8 cm³/mol. The molecular weight excluding hydrogens is 190 g/mol. The number of hydrogen-bond donors (Lipinski definition) is 1. The molecule has 1 aliphatic rings. The highest BCUT2D eigenvalue weighted by atomic mass is 16.4. The molecule has 1 rings (SSSR count). The summed E-state index contributed by atoms with van der Waals surface area (Å²) in [6.07, 6.45) is 2.13. The molecule has 0 bridgehead atoms. The van der Waals surface area contributed by atoms with E-state index in [4.69, 9.17) is 5.11 Å². The van der Waals surface area contributed by atoms with Crippen molar-refractivity contribution in [3.63, 3.8) is 0 Å². The molecule has 0 saturated carbocycles. The van der Waals surface area contributed by atoms with Gasteiger partial charge in [0.2, 0.25) is 0 Å². The van der Waals surface area contributed by atoms with Crippen LogP contribution in [0.3, 0.4) is 0 Å². The van der Waals surface area contributed by atoms with Crippen molar-refractivity contribution in [2.24, 2.45) is 11.8 Å². The minimum absolute atomic E-state index is 0.311. The number of carbonyl (C=O) groups is 1. The first-order chi connectivity index (χ1) is 7.00. The van der Waals surface area contributed by atoms with E-state index in [2.05, 4.69) is 25.7 Å². The van der Waals surface area contributed by atoms with Crippen molar-refractivity contribution >= 4 is 5.97 Å². The maximum absolute atomic E-state index is 10.4. The van der Waals surface area contributed by atoms with Crippen LogP contribution in [0.15, 0.2) is 0 Å². The quantitative estimate of drug-likeness (QED) is 0.735. The number of carboxylic acids is 1. The molecule has 0 aromatic carbocycles. The first kappa shape index (κ1) is 12.5. The third kappa shape index (κ3) is 3.82. The van der Waals surface area contributed by atoms with Crippen LogP contribution >= 0.6 is 0 Å². The van der Waals surface area contributed by atoms with Gasteiger partial charge in [-0.3, -0.25) is 9.69 Å². The topological polar surface area (TPSA) is 40.5 Å². The Bertz CT molecular complexity index is 210. The van der Waals surface area contributed by atoms with Gasteiger partial charge in [0.05, 0.1) is 0 Å². The zero-order chi connectivity index (χ0) is 11.4. The lowest BCUT2D eigenvalue weighted by molar-refractivity contribution is -0.137. The number of aliphatic carboxylic acids is 1. The second-order valence-electron chi connectivity index (χ2n) is 5.09. The van der Waals surface area contributed by atoms with Crippen LogP contribution in [-0.2, 0) is 4.79 Å². The third-order valence-electron chi connectivity index (χ3n) is 3.52. The maximum atomic E-state index is 10.4. The zero-order valence-electron chi connectivity index (χ0n) is 10.1. The summed E-state index contributed by atoms with van der Waals surface area (Å²) in [7, 11) is 0. The number of nitrogens with zero attached hydrogens (tertiary/aromatic N) is 1. The fourth-order valence-electron chi connectivity index (χ4n) is 2.06. The normalized spacial score (nSPS) is 20.3. The van der Waals surface area contributed by atoms with Crippen LogP contribution in [0.25, 0.3) is 0 Å². The third-order valence-corrected chi connectivity index (χ3v) is 3.52. The molecule has 3 nitrogen and oxygen atoms in total. The molecule has 1 atom stereocenters. The Balaban J connectivity index is 2.10. The molecule has 0 aromatic rings. The number of carboxylic acid groups (broad SMARTS) is 1. The fraction of sp³-hybridized carbons (Fsp3) is 0.917. The van der Waals surface area contributed by atoms with Crippen LogP contribution in [0.5, 0.6) is 0 Å². The van der Waals surface area contributed by atoms with Crippen molar-refractivity contribution < 1.29 is 9.90 Å². The van der Waals surface area contributed by atoms with Crippen molar-refractivity contribution in [2.45, 2.75) is 46.1 Å². The van der Waals surface area contributed by atoms with E-state index in [1.807, 2.05) is 0 Å². The molecule has 3 heteroatoms. The lowest BCUT2D eigenvalue weighted by Crippen LogP contribution is -2.52. The molecule has 88 valence electrons. The molecule has 1 fully saturated rings. The van der Waals surface area contributed by atoms with Gasteiger partial charge in [0.1, 0.15) is 0 Å². The fourth-order valence-corrected chi connectivity index (χ4v) is 2.06. The van der Waals surface area contributed by atoms with Crippen LogP contribution in [0, 0.1) is 11.8 Å². The van der Waals surface area contributed by atoms with Gasteiger partial charge in [-0.25, -0.2) is 0 Å². The van der Waals surface area contributed by atoms with Crippen molar-refractivity contribution in [2.75, 3.05) is 13.1 Å². The van der Waals surface area contributed by atoms with Crippen molar-refractivity contribution in [1.29, 1.82) is 0 Å². The molecule has 1 unspecified atom stereocenters. The summed E-state index contributed by atoms with van der Waals surface area (Å²) in [4.78, 5) is 12.8. The van der Waals surface area contributed by atoms with Crippen LogP contribution in [-0.4, -0.2) is 35.1 Å². The molecule has 0 amide bonds. The van der Waals surface area contributed by atoms with Crippen LogP contribution in [0.2, 0.25) is 0 Å². The van der Waals surface area contributed by atoms with E-state index in [-0.39, 0.29) is 0 Å². The lowest BCUT2D eigenvalue weighted by atomic mass is 9.87. The van der Waals surface area contributed by atoms with E-state index in [0.29, 0.717) is 12.5 Å². The Morgan fingerprint density at radius 1 is 1.40 bits per heavy atom. The molecule has 15 heavy (non-hydrogen) atoms. The van der Waals surface area contributed by atoms with Crippen molar-refractivity contribution in [1.82, 2.24) is 4.90 Å². The van der Waals surface area contributed by atoms with E-state index in [0.717, 1.165) is 24.7 Å². The van der Waals surface area contributed by atoms with Gasteiger partial charge in [0.25, 0.3) is 0 Å². The zero-order valence-corrected chi connectivity index (χ0v) is 10.1. The monoisotopic (exact) mass is 213 g/mol. The van der Waals surface area contributed by atoms with Crippen molar-refractivity contribution in [3.8, 4) is 0 Å². The lowest BCUT2D eigenvalue weighted by Gasteiger charge is -2.45. The first-order valence-corrected chi connectivity index (χ1v) is 5.96. The molecular formula is C12H23NO2. The summed E-state index contributed by atoms with van der Waals surface area (Å²) in [5.41, 5.74) is 0. The minimum atomic E-state index is -0.675. The van der Waals surface area contributed by atoms with Gasteiger partial charge in [0.15, 0.2) is 0 Å². The standard InChI is InChI=1S/C12H23NO2/c1-9(2)11-7-13(8-11)10(3)5-4-6-12(14)15/h9-11H,4-8H2,1-3H3,(H,14,15). The Kier molecular flexibility index (Phi) is 4.58. The van der Waals surface area contributed by atoms with E-state index >= 15 is 0 Å². The maximum Gasteiger partial charge on any atom is 0.303 e. The van der Waals surface area contributed by atoms with E-state index in [1.54, 1.807) is 0 Å². The minimum Gasteiger partial charge on any atom is -0.481 e. The van der Waals surface area contributed by atoms with E-state index < -0.39 is 5.97 Å². The summed E-state index contributed by atoms with van der Waals surface area (Å²) in [5.74, 6) is 0.963. The van der Waals surface area contributed by atoms with Gasteiger partial charge in [-0.2, -0.15) is 0 Å². The highest BCUT2D eigenvalue weighted by molar-refractivity contribution is 5.66. The van der Waals surface area contributed by atoms with Gasteiger partial charge in [-0.1, -0.05) is 13.8 Å². The smallest absolute Gasteiger partial charge is 0.303 e. The summed E-state index contributed by atoms with van der Waals surface area (Å²) in [6, 6.07) is 0.555.